The van der Waals surface area contributed by atoms with Crippen LogP contribution in [0, 0.1) is 0 Å². The molecule has 0 amide bonds. The smallest absolute Gasteiger partial charge is 0.186 e. The summed E-state index contributed by atoms with van der Waals surface area (Å²) < 4.78 is 0. The van der Waals surface area contributed by atoms with Gasteiger partial charge in [-0.3, -0.25) is 9.59 Å². The van der Waals surface area contributed by atoms with Gasteiger partial charge in [0.2, 0.25) is 0 Å². The zero-order valence-corrected chi connectivity index (χ0v) is 26.7. The maximum atomic E-state index is 13.4. The Labute approximate surface area is 287 Å². The van der Waals surface area contributed by atoms with Crippen molar-refractivity contribution in [3.05, 3.63) is 162 Å². The Morgan fingerprint density at radius 2 is 0.740 bits per heavy atom. The van der Waals surface area contributed by atoms with Gasteiger partial charge in [0.25, 0.3) is 0 Å². The number of carbonyl (C=O) groups excluding carboxylic acids is 2. The Hall–Kier alpha value is -6.92. The van der Waals surface area contributed by atoms with Gasteiger partial charge in [-0.2, -0.15) is 0 Å². The summed E-state index contributed by atoms with van der Waals surface area (Å²) in [7, 11) is 0. The lowest BCUT2D eigenvalue weighted by molar-refractivity contribution is -0.113. The van der Waals surface area contributed by atoms with Crippen LogP contribution in [0.25, 0.3) is 85.3 Å². The number of benzene rings is 3. The topological polar surface area (TPSA) is 91.5 Å². The molecule has 3 aromatic carbocycles. The molecule has 6 aromatic rings. The number of H-pyrrole nitrogens is 2. The molecule has 2 N–H and O–H groups in total. The molecular weight excluding hydrogens is 617 g/mol. The molecule has 1 aliphatic carbocycles. The normalized spacial score (nSPS) is 13.6. The minimum absolute atomic E-state index is 0.247. The first kappa shape index (κ1) is 29.2. The lowest BCUT2D eigenvalue weighted by Gasteiger charge is -2.09. The van der Waals surface area contributed by atoms with Crippen molar-refractivity contribution in [2.75, 3.05) is 0 Å². The highest BCUT2D eigenvalue weighted by Gasteiger charge is 2.23. The van der Waals surface area contributed by atoms with E-state index >= 15 is 0 Å². The molecule has 3 aliphatic rings. The average Bonchev–Trinajstić information content (AvgIpc) is 3.99. The lowest BCUT2D eigenvalue weighted by atomic mass is 9.95. The number of hydrogen-bond acceptors (Lipinski definition) is 4. The molecule has 5 heterocycles. The van der Waals surface area contributed by atoms with Crippen LogP contribution < -0.4 is 0 Å². The zero-order valence-electron chi connectivity index (χ0n) is 26.7. The molecule has 9 rings (SSSR count). The number of nitrogens with one attached hydrogen (secondary N) is 2. The SMILES string of the molecule is O=C1C=CC(=O)C(c2c3nc(c(-c4ccccc4)c4ccc([nH]4)c(-c4ccccc4)c4nc(c(-c5ccccc5)c5ccc2[nH]5)C=C4)C=C3)=C1. The van der Waals surface area contributed by atoms with Crippen molar-refractivity contribution in [1.82, 2.24) is 19.9 Å². The summed E-state index contributed by atoms with van der Waals surface area (Å²) in [5.41, 5.74) is 12.9. The van der Waals surface area contributed by atoms with E-state index in [4.69, 9.17) is 9.97 Å². The number of carbonyl (C=O) groups is 2. The van der Waals surface area contributed by atoms with E-state index in [0.29, 0.717) is 16.8 Å². The Balaban J connectivity index is 1.48. The van der Waals surface area contributed by atoms with E-state index in [9.17, 15) is 9.59 Å². The van der Waals surface area contributed by atoms with Gasteiger partial charge in [-0.1, -0.05) is 91.0 Å². The molecule has 0 fully saturated rings. The van der Waals surface area contributed by atoms with Crippen LogP contribution >= 0.6 is 0 Å². The highest BCUT2D eigenvalue weighted by molar-refractivity contribution is 6.35. The summed E-state index contributed by atoms with van der Waals surface area (Å²) in [6, 6.07) is 38.7. The molecule has 236 valence electrons. The van der Waals surface area contributed by atoms with Crippen molar-refractivity contribution in [3.63, 3.8) is 0 Å². The van der Waals surface area contributed by atoms with Gasteiger partial charge < -0.3 is 9.97 Å². The van der Waals surface area contributed by atoms with Gasteiger partial charge in [-0.05, 0) is 83.5 Å². The number of hydrogen-bond donors (Lipinski definition) is 2. The summed E-state index contributed by atoms with van der Waals surface area (Å²) in [6.07, 6.45) is 12.0. The minimum atomic E-state index is -0.255. The van der Waals surface area contributed by atoms with Crippen LogP contribution in [0.4, 0.5) is 0 Å². The number of rotatable bonds is 4. The van der Waals surface area contributed by atoms with Gasteiger partial charge in [0, 0.05) is 49.9 Å². The van der Waals surface area contributed by atoms with E-state index in [2.05, 4.69) is 70.7 Å². The molecule has 0 radical (unpaired) electrons. The van der Waals surface area contributed by atoms with Gasteiger partial charge in [-0.15, -0.1) is 0 Å². The summed E-state index contributed by atoms with van der Waals surface area (Å²) in [6.45, 7) is 0. The van der Waals surface area contributed by atoms with E-state index in [1.54, 1.807) is 0 Å². The van der Waals surface area contributed by atoms with Crippen LogP contribution in [0.3, 0.4) is 0 Å². The Bertz CT molecular complexity index is 2620. The molecule has 6 nitrogen and oxygen atoms in total. The predicted octanol–water partition coefficient (Wildman–Crippen LogP) is 9.75. The Morgan fingerprint density at radius 1 is 0.380 bits per heavy atom. The summed E-state index contributed by atoms with van der Waals surface area (Å²) in [4.78, 5) is 43.9. The van der Waals surface area contributed by atoms with Crippen molar-refractivity contribution >= 4 is 63.5 Å². The Morgan fingerprint density at radius 3 is 1.14 bits per heavy atom. The molecule has 0 spiro atoms. The van der Waals surface area contributed by atoms with Crippen LogP contribution in [0.15, 0.2) is 133 Å². The van der Waals surface area contributed by atoms with Gasteiger partial charge in [0.15, 0.2) is 11.6 Å². The van der Waals surface area contributed by atoms with E-state index in [1.165, 1.54) is 18.2 Å². The van der Waals surface area contributed by atoms with Gasteiger partial charge in [0.1, 0.15) is 0 Å². The molecule has 0 saturated carbocycles. The number of ketones is 2. The van der Waals surface area contributed by atoms with Crippen molar-refractivity contribution in [3.8, 4) is 33.4 Å². The molecule has 0 unspecified atom stereocenters. The van der Waals surface area contributed by atoms with Crippen LogP contribution in [0.5, 0.6) is 0 Å². The van der Waals surface area contributed by atoms with Crippen molar-refractivity contribution in [2.24, 2.45) is 0 Å². The largest absolute Gasteiger partial charge is 0.354 e. The molecule has 3 aromatic heterocycles. The maximum Gasteiger partial charge on any atom is 0.186 e. The number of aromatic amines is 2. The quantitative estimate of drug-likeness (QED) is 0.187. The third-order valence-electron chi connectivity index (χ3n) is 9.16. The minimum Gasteiger partial charge on any atom is -0.354 e. The third-order valence-corrected chi connectivity index (χ3v) is 9.16. The second-order valence-corrected chi connectivity index (χ2v) is 12.3. The van der Waals surface area contributed by atoms with E-state index in [0.717, 1.165) is 67.0 Å². The monoisotopic (exact) mass is 644 g/mol. The van der Waals surface area contributed by atoms with E-state index in [-0.39, 0.29) is 17.1 Å². The van der Waals surface area contributed by atoms with Crippen LogP contribution in [0.1, 0.15) is 28.3 Å². The fraction of sp³-hybridized carbons (Fsp3) is 0. The molecule has 0 saturated heterocycles. The molecule has 50 heavy (non-hydrogen) atoms. The van der Waals surface area contributed by atoms with Crippen LogP contribution in [0.2, 0.25) is 0 Å². The number of aromatic nitrogens is 4. The summed E-state index contributed by atoms with van der Waals surface area (Å²) in [5.74, 6) is -0.502. The molecule has 6 heteroatoms. The average molecular weight is 645 g/mol. The molecule has 2 aliphatic heterocycles. The molecule has 8 bridgehead atoms. The maximum absolute atomic E-state index is 13.4. The van der Waals surface area contributed by atoms with Gasteiger partial charge >= 0.3 is 0 Å². The number of allylic oxidation sites excluding steroid dienone is 4. The number of nitrogens with zero attached hydrogens (tertiary/aromatic N) is 2. The fourth-order valence-electron chi connectivity index (χ4n) is 6.92. The van der Waals surface area contributed by atoms with Gasteiger partial charge in [-0.25, -0.2) is 9.97 Å². The third kappa shape index (κ3) is 5.07. The highest BCUT2D eigenvalue weighted by Crippen LogP contribution is 2.37. The standard InChI is InChI=1S/C44H28N4O2/c49-30-16-25-40(50)31(26-30)44-38-23-21-36(47-38)42(28-12-6-2-7-13-28)34-19-17-32(45-34)41(27-10-4-1-5-11-27)33-18-20-35(46-33)43(29-14-8-3-9-15-29)37-22-24-39(44)48-37/h1-26,45,48H. The van der Waals surface area contributed by atoms with Crippen molar-refractivity contribution < 1.29 is 9.59 Å². The summed E-state index contributed by atoms with van der Waals surface area (Å²) in [5, 5.41) is 0. The first-order chi connectivity index (χ1) is 24.6. The predicted molar refractivity (Wildman–Crippen MR) is 202 cm³/mol. The van der Waals surface area contributed by atoms with Crippen molar-refractivity contribution in [1.29, 1.82) is 0 Å². The molecule has 0 atom stereocenters. The van der Waals surface area contributed by atoms with Gasteiger partial charge in [0.05, 0.1) is 22.8 Å². The fourth-order valence-corrected chi connectivity index (χ4v) is 6.92. The van der Waals surface area contributed by atoms with Crippen LogP contribution in [-0.2, 0) is 9.59 Å². The van der Waals surface area contributed by atoms with E-state index in [1.807, 2.05) is 78.9 Å². The highest BCUT2D eigenvalue weighted by atomic mass is 16.1. The summed E-state index contributed by atoms with van der Waals surface area (Å²) >= 11 is 0. The first-order valence-electron chi connectivity index (χ1n) is 16.4. The Kier molecular flexibility index (Phi) is 6.99. The zero-order chi connectivity index (χ0) is 33.6. The van der Waals surface area contributed by atoms with Crippen LogP contribution in [-0.4, -0.2) is 31.5 Å². The molecular formula is C44H28N4O2. The van der Waals surface area contributed by atoms with Crippen molar-refractivity contribution in [2.45, 2.75) is 0 Å². The van der Waals surface area contributed by atoms with E-state index < -0.39 is 0 Å². The lowest BCUT2D eigenvalue weighted by Crippen LogP contribution is -2.08. The second-order valence-electron chi connectivity index (χ2n) is 12.3. The first-order valence-corrected chi connectivity index (χ1v) is 16.4. The number of fused-ring (bicyclic) bond motifs is 8. The second kappa shape index (κ2) is 12.0.